The molecule has 0 spiro atoms. The highest BCUT2D eigenvalue weighted by atomic mass is 15.2. The smallest absolute Gasteiger partial charge is 0.0463 e. The molecule has 0 radical (unpaired) electrons. The van der Waals surface area contributed by atoms with Crippen molar-refractivity contribution in [2.45, 2.75) is 0 Å². The van der Waals surface area contributed by atoms with Crippen LogP contribution in [0.15, 0.2) is 279 Å². The van der Waals surface area contributed by atoms with Gasteiger partial charge in [-0.1, -0.05) is 146 Å². The lowest BCUT2D eigenvalue weighted by Crippen LogP contribution is -2.13. The second kappa shape index (κ2) is 19.7. The molecule has 66 heavy (non-hydrogen) atoms. The van der Waals surface area contributed by atoms with Crippen LogP contribution in [-0.2, 0) is 0 Å². The Kier molecular flexibility index (Phi) is 12.3. The van der Waals surface area contributed by atoms with Crippen molar-refractivity contribution in [1.29, 1.82) is 0 Å². The Bertz CT molecular complexity index is 2830. The number of para-hydroxylation sites is 6. The summed E-state index contributed by atoms with van der Waals surface area (Å²) in [5.74, 6) is 0. The van der Waals surface area contributed by atoms with Crippen molar-refractivity contribution in [2.24, 2.45) is 0 Å². The first kappa shape index (κ1) is 41.2. The van der Waals surface area contributed by atoms with Gasteiger partial charge in [0.05, 0.1) is 0 Å². The summed E-state index contributed by atoms with van der Waals surface area (Å²) in [5, 5.41) is 0. The average Bonchev–Trinajstić information content (AvgIpc) is 3.40. The highest BCUT2D eigenvalue weighted by Gasteiger charge is 2.18. The second-order valence-electron chi connectivity index (χ2n) is 15.9. The van der Waals surface area contributed by atoms with Gasteiger partial charge < -0.3 is 19.6 Å². The Morgan fingerprint density at radius 3 is 0.455 bits per heavy atom. The van der Waals surface area contributed by atoms with Gasteiger partial charge in [-0.15, -0.1) is 0 Å². The molecule has 0 aliphatic heterocycles. The van der Waals surface area contributed by atoms with Crippen LogP contribution >= 0.6 is 0 Å². The van der Waals surface area contributed by atoms with Gasteiger partial charge in [0.15, 0.2) is 0 Å². The van der Waals surface area contributed by atoms with Crippen LogP contribution in [0.2, 0.25) is 0 Å². The molecule has 0 aliphatic rings. The molecule has 316 valence electrons. The predicted octanol–water partition coefficient (Wildman–Crippen LogP) is 17.7. The van der Waals surface area contributed by atoms with Gasteiger partial charge in [-0.3, -0.25) is 0 Å². The molecule has 0 aliphatic carbocycles. The molecule has 4 heteroatoms. The molecule has 0 fully saturated rings. The van der Waals surface area contributed by atoms with Gasteiger partial charge in [-0.25, -0.2) is 0 Å². The van der Waals surface area contributed by atoms with Gasteiger partial charge in [0.2, 0.25) is 0 Å². The topological polar surface area (TPSA) is 13.0 Å². The zero-order valence-electron chi connectivity index (χ0n) is 36.5. The van der Waals surface area contributed by atoms with Gasteiger partial charge in [0.25, 0.3) is 0 Å². The van der Waals surface area contributed by atoms with Gasteiger partial charge >= 0.3 is 0 Å². The van der Waals surface area contributed by atoms with Crippen molar-refractivity contribution < 1.29 is 0 Å². The number of nitrogens with zero attached hydrogens (tertiary/aromatic N) is 4. The fourth-order valence-corrected chi connectivity index (χ4v) is 8.41. The number of hydrogen-bond acceptors (Lipinski definition) is 4. The molecule has 0 saturated heterocycles. The molecule has 0 atom stereocenters. The standard InChI is InChI=1S/C62H48N4/c1-7-19-51(20-8-1)63(52-21-9-2-10-22-52)57-37-33-49(34-38-57)31-32-50-35-39-58(40-36-50)66(61-45-41-59(42-46-61)64(53-23-11-3-12-24-53)54-25-13-4-14-26-54)62-47-43-60(44-48-62)65(55-27-15-5-16-28-55)56-29-17-6-18-30-56/h1-48H. The summed E-state index contributed by atoms with van der Waals surface area (Å²) in [6.45, 7) is 0. The van der Waals surface area contributed by atoms with Crippen molar-refractivity contribution in [2.75, 3.05) is 19.6 Å². The van der Waals surface area contributed by atoms with E-state index < -0.39 is 0 Å². The maximum atomic E-state index is 2.33. The van der Waals surface area contributed by atoms with Crippen LogP contribution in [0.1, 0.15) is 11.1 Å². The third kappa shape index (κ3) is 9.26. The minimum absolute atomic E-state index is 1.05. The van der Waals surface area contributed by atoms with Crippen LogP contribution in [0, 0.1) is 0 Å². The van der Waals surface area contributed by atoms with E-state index in [0.29, 0.717) is 0 Å². The van der Waals surface area contributed by atoms with Crippen LogP contribution in [0.3, 0.4) is 0 Å². The molecule has 10 aromatic rings. The molecule has 0 saturated carbocycles. The first-order valence-electron chi connectivity index (χ1n) is 22.3. The summed E-state index contributed by atoms with van der Waals surface area (Å²) in [6.07, 6.45) is 4.36. The van der Waals surface area contributed by atoms with E-state index in [1.807, 2.05) is 0 Å². The summed E-state index contributed by atoms with van der Waals surface area (Å²) in [4.78, 5) is 9.20. The first-order valence-corrected chi connectivity index (χ1v) is 22.3. The molecule has 0 amide bonds. The average molecular weight is 849 g/mol. The van der Waals surface area contributed by atoms with E-state index in [-0.39, 0.29) is 0 Å². The fourth-order valence-electron chi connectivity index (χ4n) is 8.41. The third-order valence-corrected chi connectivity index (χ3v) is 11.6. The van der Waals surface area contributed by atoms with Crippen molar-refractivity contribution in [1.82, 2.24) is 0 Å². The SMILES string of the molecule is C(=Cc1ccc(N(c2ccc(N(c3ccccc3)c3ccccc3)cc2)c2ccc(N(c3ccccc3)c3ccccc3)cc2)cc1)c1ccc(N(c2ccccc2)c2ccccc2)cc1. The molecule has 0 heterocycles. The van der Waals surface area contributed by atoms with Gasteiger partial charge in [0, 0.05) is 68.2 Å². The van der Waals surface area contributed by atoms with E-state index in [0.717, 1.165) is 79.4 Å². The molecular weight excluding hydrogens is 801 g/mol. The van der Waals surface area contributed by atoms with Crippen molar-refractivity contribution in [3.8, 4) is 0 Å². The maximum Gasteiger partial charge on any atom is 0.0463 e. The summed E-state index contributed by atoms with van der Waals surface area (Å²) in [7, 11) is 0. The van der Waals surface area contributed by atoms with E-state index in [1.54, 1.807) is 0 Å². The molecule has 4 nitrogen and oxygen atoms in total. The number of rotatable bonds is 14. The van der Waals surface area contributed by atoms with E-state index in [2.05, 4.69) is 311 Å². The minimum Gasteiger partial charge on any atom is -0.311 e. The Morgan fingerprint density at radius 2 is 0.288 bits per heavy atom. The Balaban J connectivity index is 0.965. The van der Waals surface area contributed by atoms with E-state index in [4.69, 9.17) is 0 Å². The third-order valence-electron chi connectivity index (χ3n) is 11.6. The Morgan fingerprint density at radius 1 is 0.152 bits per heavy atom. The molecule has 0 bridgehead atoms. The summed E-state index contributed by atoms with van der Waals surface area (Å²) >= 11 is 0. The number of benzene rings is 10. The normalized spacial score (nSPS) is 11.0. The van der Waals surface area contributed by atoms with Crippen LogP contribution in [0.4, 0.5) is 68.2 Å². The molecule has 0 N–H and O–H groups in total. The molecule has 0 unspecified atom stereocenters. The Hall–Kier alpha value is -8.86. The highest BCUT2D eigenvalue weighted by Crippen LogP contribution is 2.41. The van der Waals surface area contributed by atoms with Gasteiger partial charge in [-0.05, 0) is 157 Å². The summed E-state index contributed by atoms with van der Waals surface area (Å²) in [6, 6.07) is 98.4. The number of anilines is 12. The van der Waals surface area contributed by atoms with Crippen LogP contribution < -0.4 is 19.6 Å². The van der Waals surface area contributed by atoms with Crippen molar-refractivity contribution in [3.05, 3.63) is 290 Å². The maximum absolute atomic E-state index is 2.33. The lowest BCUT2D eigenvalue weighted by molar-refractivity contribution is 1.24. The molecule has 10 aromatic carbocycles. The number of hydrogen-bond donors (Lipinski definition) is 0. The first-order chi connectivity index (χ1) is 32.7. The second-order valence-corrected chi connectivity index (χ2v) is 15.9. The Labute approximate surface area is 388 Å². The quantitative estimate of drug-likeness (QED) is 0.101. The predicted molar refractivity (Wildman–Crippen MR) is 281 cm³/mol. The van der Waals surface area contributed by atoms with Gasteiger partial charge in [0.1, 0.15) is 0 Å². The largest absolute Gasteiger partial charge is 0.311 e. The van der Waals surface area contributed by atoms with Crippen LogP contribution in [0.5, 0.6) is 0 Å². The van der Waals surface area contributed by atoms with E-state index in [9.17, 15) is 0 Å². The van der Waals surface area contributed by atoms with Crippen LogP contribution in [-0.4, -0.2) is 0 Å². The zero-order chi connectivity index (χ0) is 44.3. The zero-order valence-corrected chi connectivity index (χ0v) is 36.5. The molecular formula is C62H48N4. The molecule has 10 rings (SSSR count). The van der Waals surface area contributed by atoms with Crippen molar-refractivity contribution in [3.63, 3.8) is 0 Å². The van der Waals surface area contributed by atoms with Crippen LogP contribution in [0.25, 0.3) is 12.2 Å². The van der Waals surface area contributed by atoms with E-state index >= 15 is 0 Å². The highest BCUT2D eigenvalue weighted by molar-refractivity contribution is 5.84. The fraction of sp³-hybridized carbons (Fsp3) is 0. The lowest BCUT2D eigenvalue weighted by atomic mass is 10.1. The summed E-state index contributed by atoms with van der Waals surface area (Å²) in [5.41, 5.74) is 15.3. The monoisotopic (exact) mass is 848 g/mol. The lowest BCUT2D eigenvalue weighted by Gasteiger charge is -2.29. The van der Waals surface area contributed by atoms with E-state index in [1.165, 1.54) is 0 Å². The van der Waals surface area contributed by atoms with Crippen molar-refractivity contribution >= 4 is 80.4 Å². The molecule has 0 aromatic heterocycles. The minimum atomic E-state index is 1.05. The summed E-state index contributed by atoms with van der Waals surface area (Å²) < 4.78 is 0. The van der Waals surface area contributed by atoms with Gasteiger partial charge in [-0.2, -0.15) is 0 Å².